The lowest BCUT2D eigenvalue weighted by atomic mass is 9.89. The fraction of sp³-hybridized carbons (Fsp3) is 0.467. The summed E-state index contributed by atoms with van der Waals surface area (Å²) in [6, 6.07) is 5.98. The van der Waals surface area contributed by atoms with E-state index in [9.17, 15) is 13.2 Å². The number of benzene rings is 1. The smallest absolute Gasteiger partial charge is 0.276 e. The van der Waals surface area contributed by atoms with Gasteiger partial charge in [-0.3, -0.25) is 4.79 Å². The quantitative estimate of drug-likeness (QED) is 0.834. The Morgan fingerprint density at radius 2 is 1.91 bits per heavy atom. The van der Waals surface area contributed by atoms with Gasteiger partial charge in [0.05, 0.1) is 4.90 Å². The Balaban J connectivity index is 2.09. The second-order valence-electron chi connectivity index (χ2n) is 5.55. The molecule has 0 radical (unpaired) electrons. The highest BCUT2D eigenvalue weighted by atomic mass is 32.2. The standard InChI is InChI=1S/C15H21N3O3S/c1-11-5-3-4-6-15(11)17-18-22(20,21)14-9-7-13(8-10-14)16-12(2)19/h7-11,18H,3-6H2,1-2H3,(H,16,19)/b17-15-. The molecule has 2 rings (SSSR count). The second kappa shape index (κ2) is 6.91. The van der Waals surface area contributed by atoms with Crippen LogP contribution in [0.1, 0.15) is 39.5 Å². The predicted octanol–water partition coefficient (Wildman–Crippen LogP) is 2.49. The number of carbonyl (C=O) groups excluding carboxylic acids is 1. The molecule has 120 valence electrons. The van der Waals surface area contributed by atoms with Crippen LogP contribution in [0.5, 0.6) is 0 Å². The van der Waals surface area contributed by atoms with E-state index in [1.807, 2.05) is 0 Å². The summed E-state index contributed by atoms with van der Waals surface area (Å²) in [5, 5.41) is 6.68. The van der Waals surface area contributed by atoms with E-state index < -0.39 is 10.0 Å². The average molecular weight is 323 g/mol. The minimum absolute atomic E-state index is 0.120. The molecule has 6 nitrogen and oxygen atoms in total. The molecule has 0 aliphatic heterocycles. The van der Waals surface area contributed by atoms with E-state index in [1.54, 1.807) is 12.1 Å². The van der Waals surface area contributed by atoms with Crippen molar-refractivity contribution in [2.24, 2.45) is 11.0 Å². The molecule has 1 aliphatic rings. The Labute approximate surface area is 131 Å². The topological polar surface area (TPSA) is 87.6 Å². The molecule has 0 aromatic heterocycles. The molecule has 22 heavy (non-hydrogen) atoms. The fourth-order valence-electron chi connectivity index (χ4n) is 2.43. The molecule has 1 aromatic carbocycles. The van der Waals surface area contributed by atoms with Crippen LogP contribution in [0, 0.1) is 5.92 Å². The summed E-state index contributed by atoms with van der Waals surface area (Å²) in [6.45, 7) is 3.46. The predicted molar refractivity (Wildman–Crippen MR) is 86.1 cm³/mol. The lowest BCUT2D eigenvalue weighted by molar-refractivity contribution is -0.114. The highest BCUT2D eigenvalue weighted by Gasteiger charge is 2.18. The van der Waals surface area contributed by atoms with Crippen molar-refractivity contribution in [3.8, 4) is 0 Å². The van der Waals surface area contributed by atoms with E-state index in [0.717, 1.165) is 31.4 Å². The molecule has 1 aromatic rings. The number of amides is 1. The molecule has 1 amide bonds. The van der Waals surface area contributed by atoms with Gasteiger partial charge in [-0.05, 0) is 49.4 Å². The van der Waals surface area contributed by atoms with E-state index >= 15 is 0 Å². The van der Waals surface area contributed by atoms with Crippen LogP contribution in [0.15, 0.2) is 34.3 Å². The number of anilines is 1. The molecule has 1 unspecified atom stereocenters. The zero-order valence-corrected chi connectivity index (χ0v) is 13.6. The van der Waals surface area contributed by atoms with Gasteiger partial charge < -0.3 is 5.32 Å². The van der Waals surface area contributed by atoms with Gasteiger partial charge in [0.25, 0.3) is 10.0 Å². The van der Waals surface area contributed by atoms with E-state index in [-0.39, 0.29) is 10.8 Å². The summed E-state index contributed by atoms with van der Waals surface area (Å²) < 4.78 is 24.4. The third kappa shape index (κ3) is 4.30. The number of nitrogens with zero attached hydrogens (tertiary/aromatic N) is 1. The van der Waals surface area contributed by atoms with Crippen LogP contribution in [0.3, 0.4) is 0 Å². The molecular weight excluding hydrogens is 302 g/mol. The van der Waals surface area contributed by atoms with Crippen LogP contribution in [0.25, 0.3) is 0 Å². The molecule has 0 spiro atoms. The van der Waals surface area contributed by atoms with Crippen molar-refractivity contribution in [3.05, 3.63) is 24.3 Å². The number of hydrogen-bond donors (Lipinski definition) is 2. The first-order valence-corrected chi connectivity index (χ1v) is 8.83. The van der Waals surface area contributed by atoms with Gasteiger partial charge in [-0.25, -0.2) is 4.83 Å². The zero-order valence-electron chi connectivity index (χ0n) is 12.8. The Kier molecular flexibility index (Phi) is 5.18. The second-order valence-corrected chi connectivity index (χ2v) is 7.21. The first-order valence-electron chi connectivity index (χ1n) is 7.34. The lowest BCUT2D eigenvalue weighted by Crippen LogP contribution is -2.24. The molecule has 1 atom stereocenters. The highest BCUT2D eigenvalue weighted by Crippen LogP contribution is 2.21. The summed E-state index contributed by atoms with van der Waals surface area (Å²) in [6.07, 6.45) is 4.10. The van der Waals surface area contributed by atoms with Crippen LogP contribution in [0.4, 0.5) is 5.69 Å². The van der Waals surface area contributed by atoms with Crippen molar-refractivity contribution in [2.75, 3.05) is 5.32 Å². The van der Waals surface area contributed by atoms with Gasteiger partial charge in [0.2, 0.25) is 5.91 Å². The number of carbonyl (C=O) groups is 1. The molecule has 0 heterocycles. The Hall–Kier alpha value is -1.89. The monoisotopic (exact) mass is 323 g/mol. The first kappa shape index (κ1) is 16.5. The van der Waals surface area contributed by atoms with E-state index in [1.165, 1.54) is 19.1 Å². The number of rotatable bonds is 4. The van der Waals surface area contributed by atoms with Gasteiger partial charge in [0.1, 0.15) is 0 Å². The van der Waals surface area contributed by atoms with Crippen molar-refractivity contribution < 1.29 is 13.2 Å². The van der Waals surface area contributed by atoms with Gasteiger partial charge in [-0.2, -0.15) is 13.5 Å². The summed E-state index contributed by atoms with van der Waals surface area (Å²) in [7, 11) is -3.68. The number of sulfonamides is 1. The van der Waals surface area contributed by atoms with Crippen LogP contribution >= 0.6 is 0 Å². The number of hydrogen-bond acceptors (Lipinski definition) is 4. The van der Waals surface area contributed by atoms with Crippen molar-refractivity contribution in [1.82, 2.24) is 4.83 Å². The summed E-state index contributed by atoms with van der Waals surface area (Å²) in [5.41, 5.74) is 1.46. The van der Waals surface area contributed by atoms with E-state index in [2.05, 4.69) is 22.2 Å². The maximum Gasteiger partial charge on any atom is 0.276 e. The molecule has 0 saturated heterocycles. The van der Waals surface area contributed by atoms with Crippen molar-refractivity contribution in [1.29, 1.82) is 0 Å². The maximum absolute atomic E-state index is 12.2. The number of nitrogens with one attached hydrogen (secondary N) is 2. The van der Waals surface area contributed by atoms with Gasteiger partial charge in [0.15, 0.2) is 0 Å². The van der Waals surface area contributed by atoms with Crippen molar-refractivity contribution in [2.45, 2.75) is 44.4 Å². The first-order chi connectivity index (χ1) is 10.4. The molecule has 1 aliphatic carbocycles. The highest BCUT2D eigenvalue weighted by molar-refractivity contribution is 7.89. The Morgan fingerprint density at radius 1 is 1.23 bits per heavy atom. The van der Waals surface area contributed by atoms with E-state index in [4.69, 9.17) is 0 Å². The summed E-state index contributed by atoms with van der Waals surface area (Å²) >= 11 is 0. The molecule has 1 saturated carbocycles. The molecule has 7 heteroatoms. The van der Waals surface area contributed by atoms with Crippen molar-refractivity contribution >= 4 is 27.3 Å². The van der Waals surface area contributed by atoms with E-state index in [0.29, 0.717) is 11.6 Å². The van der Waals surface area contributed by atoms with Gasteiger partial charge >= 0.3 is 0 Å². The van der Waals surface area contributed by atoms with Crippen LogP contribution in [0.2, 0.25) is 0 Å². The third-order valence-corrected chi connectivity index (χ3v) is 4.91. The normalized spacial score (nSPS) is 20.6. The minimum Gasteiger partial charge on any atom is -0.326 e. The third-order valence-electron chi connectivity index (χ3n) is 3.68. The van der Waals surface area contributed by atoms with Crippen LogP contribution < -0.4 is 10.1 Å². The zero-order chi connectivity index (χ0) is 16.2. The fourth-order valence-corrected chi connectivity index (χ4v) is 3.27. The molecular formula is C15H21N3O3S. The Morgan fingerprint density at radius 3 is 2.50 bits per heavy atom. The maximum atomic E-state index is 12.2. The average Bonchev–Trinajstić information content (AvgIpc) is 2.46. The largest absolute Gasteiger partial charge is 0.326 e. The van der Waals surface area contributed by atoms with Crippen LogP contribution in [-0.4, -0.2) is 20.0 Å². The van der Waals surface area contributed by atoms with Crippen LogP contribution in [-0.2, 0) is 14.8 Å². The summed E-state index contributed by atoms with van der Waals surface area (Å²) in [5.74, 6) is 0.116. The van der Waals surface area contributed by atoms with Crippen molar-refractivity contribution in [3.63, 3.8) is 0 Å². The minimum atomic E-state index is -3.68. The van der Waals surface area contributed by atoms with Gasteiger partial charge in [-0.15, -0.1) is 0 Å². The Bertz CT molecular complexity index is 666. The molecule has 1 fully saturated rings. The van der Waals surface area contributed by atoms with Gasteiger partial charge in [-0.1, -0.05) is 13.3 Å². The SMILES string of the molecule is CC(=O)Nc1ccc(S(=O)(=O)N/N=C2/CCCCC2C)cc1. The summed E-state index contributed by atoms with van der Waals surface area (Å²) in [4.78, 5) is 13.4. The lowest BCUT2D eigenvalue weighted by Gasteiger charge is -2.20. The number of hydrazone groups is 1. The molecule has 0 bridgehead atoms. The van der Waals surface area contributed by atoms with Gasteiger partial charge in [0, 0.05) is 18.3 Å². The molecule has 2 N–H and O–H groups in total.